The number of rotatable bonds is 6. The van der Waals surface area contributed by atoms with Gasteiger partial charge in [-0.05, 0) is 42.7 Å². The summed E-state index contributed by atoms with van der Waals surface area (Å²) in [5.41, 5.74) is 0.455. The topological polar surface area (TPSA) is 12.0 Å². The summed E-state index contributed by atoms with van der Waals surface area (Å²) in [6, 6.07) is 4.31. The molecular weight excluding hydrogens is 214 g/mol. The van der Waals surface area contributed by atoms with E-state index >= 15 is 0 Å². The van der Waals surface area contributed by atoms with E-state index in [1.807, 2.05) is 11.3 Å². The van der Waals surface area contributed by atoms with Crippen LogP contribution in [-0.2, 0) is 6.42 Å². The van der Waals surface area contributed by atoms with Gasteiger partial charge < -0.3 is 5.32 Å². The van der Waals surface area contributed by atoms with Crippen molar-refractivity contribution in [3.63, 3.8) is 0 Å². The molecule has 14 heavy (non-hydrogen) atoms. The highest BCUT2D eigenvalue weighted by Crippen LogP contribution is 2.45. The van der Waals surface area contributed by atoms with Crippen LogP contribution in [0.1, 0.15) is 17.7 Å². The van der Waals surface area contributed by atoms with Crippen LogP contribution >= 0.6 is 22.9 Å². The molecule has 78 valence electrons. The summed E-state index contributed by atoms with van der Waals surface area (Å²) in [6.07, 6.45) is 3.76. The molecule has 1 aliphatic rings. The summed E-state index contributed by atoms with van der Waals surface area (Å²) in [5.74, 6) is 0.818. The standard InChI is InChI=1S/C11H16ClNS/c12-8-11(4-5-11)9-13-6-3-10-2-1-7-14-10/h1-2,7,13H,3-6,8-9H2. The summed E-state index contributed by atoms with van der Waals surface area (Å²) in [6.45, 7) is 2.18. The van der Waals surface area contributed by atoms with Crippen molar-refractivity contribution in [3.8, 4) is 0 Å². The Hall–Kier alpha value is -0.0500. The number of hydrogen-bond acceptors (Lipinski definition) is 2. The maximum atomic E-state index is 5.90. The highest BCUT2D eigenvalue weighted by molar-refractivity contribution is 7.09. The van der Waals surface area contributed by atoms with E-state index in [0.717, 1.165) is 25.4 Å². The number of alkyl halides is 1. The van der Waals surface area contributed by atoms with Crippen molar-refractivity contribution in [2.45, 2.75) is 19.3 Å². The van der Waals surface area contributed by atoms with Crippen molar-refractivity contribution in [2.75, 3.05) is 19.0 Å². The zero-order valence-corrected chi connectivity index (χ0v) is 9.83. The number of halogens is 1. The van der Waals surface area contributed by atoms with E-state index in [1.165, 1.54) is 17.7 Å². The molecule has 1 N–H and O–H groups in total. The van der Waals surface area contributed by atoms with Crippen molar-refractivity contribution >= 4 is 22.9 Å². The maximum absolute atomic E-state index is 5.90. The van der Waals surface area contributed by atoms with Gasteiger partial charge in [0.25, 0.3) is 0 Å². The van der Waals surface area contributed by atoms with Crippen LogP contribution in [0.3, 0.4) is 0 Å². The lowest BCUT2D eigenvalue weighted by Gasteiger charge is -2.11. The van der Waals surface area contributed by atoms with Gasteiger partial charge in [-0.25, -0.2) is 0 Å². The molecule has 1 aromatic rings. The van der Waals surface area contributed by atoms with Gasteiger partial charge in [-0.1, -0.05) is 6.07 Å². The molecule has 0 spiro atoms. The minimum Gasteiger partial charge on any atom is -0.316 e. The zero-order chi connectivity index (χ0) is 9.86. The van der Waals surface area contributed by atoms with Gasteiger partial charge in [-0.3, -0.25) is 0 Å². The smallest absolute Gasteiger partial charge is 0.0292 e. The second-order valence-corrected chi connectivity index (χ2v) is 5.44. The monoisotopic (exact) mass is 229 g/mol. The Morgan fingerprint density at radius 2 is 2.36 bits per heavy atom. The minimum absolute atomic E-state index is 0.455. The molecule has 0 aliphatic heterocycles. The Kier molecular flexibility index (Phi) is 3.47. The Balaban J connectivity index is 1.60. The van der Waals surface area contributed by atoms with Crippen LogP contribution in [0.25, 0.3) is 0 Å². The molecular formula is C11H16ClNS. The SMILES string of the molecule is ClCC1(CNCCc2cccs2)CC1. The number of hydrogen-bond donors (Lipinski definition) is 1. The molecule has 2 rings (SSSR count). The van der Waals surface area contributed by atoms with Crippen LogP contribution in [0.15, 0.2) is 17.5 Å². The van der Waals surface area contributed by atoms with Gasteiger partial charge in [-0.2, -0.15) is 0 Å². The summed E-state index contributed by atoms with van der Waals surface area (Å²) in [5, 5.41) is 5.63. The van der Waals surface area contributed by atoms with Crippen molar-refractivity contribution in [1.29, 1.82) is 0 Å². The fourth-order valence-electron chi connectivity index (χ4n) is 1.55. The Bertz CT molecular complexity index is 267. The van der Waals surface area contributed by atoms with Gasteiger partial charge in [0.1, 0.15) is 0 Å². The van der Waals surface area contributed by atoms with E-state index in [0.29, 0.717) is 5.41 Å². The van der Waals surface area contributed by atoms with E-state index in [-0.39, 0.29) is 0 Å². The molecule has 0 saturated heterocycles. The van der Waals surface area contributed by atoms with E-state index in [2.05, 4.69) is 22.8 Å². The van der Waals surface area contributed by atoms with Gasteiger partial charge in [0.15, 0.2) is 0 Å². The highest BCUT2D eigenvalue weighted by Gasteiger charge is 2.40. The van der Waals surface area contributed by atoms with Crippen LogP contribution < -0.4 is 5.32 Å². The molecule has 1 nitrogen and oxygen atoms in total. The maximum Gasteiger partial charge on any atom is 0.0292 e. The van der Waals surface area contributed by atoms with Crippen molar-refractivity contribution in [3.05, 3.63) is 22.4 Å². The Morgan fingerprint density at radius 3 is 2.93 bits per heavy atom. The molecule has 0 unspecified atom stereocenters. The molecule has 0 radical (unpaired) electrons. The summed E-state index contributed by atoms with van der Waals surface area (Å²) >= 11 is 7.73. The first-order chi connectivity index (χ1) is 6.85. The average molecular weight is 230 g/mol. The van der Waals surface area contributed by atoms with Crippen LogP contribution in [0.2, 0.25) is 0 Å². The zero-order valence-electron chi connectivity index (χ0n) is 8.26. The average Bonchev–Trinajstić information content (AvgIpc) is 2.81. The fourth-order valence-corrected chi connectivity index (χ4v) is 2.63. The van der Waals surface area contributed by atoms with Crippen molar-refractivity contribution < 1.29 is 0 Å². The lowest BCUT2D eigenvalue weighted by atomic mass is 10.1. The molecule has 3 heteroatoms. The summed E-state index contributed by atoms with van der Waals surface area (Å²) in [7, 11) is 0. The molecule has 1 aliphatic carbocycles. The van der Waals surface area contributed by atoms with Crippen molar-refractivity contribution in [2.24, 2.45) is 5.41 Å². The second-order valence-electron chi connectivity index (χ2n) is 4.14. The minimum atomic E-state index is 0.455. The number of nitrogens with one attached hydrogen (secondary N) is 1. The van der Waals surface area contributed by atoms with E-state index in [9.17, 15) is 0 Å². The normalized spacial score (nSPS) is 18.4. The predicted molar refractivity (Wildman–Crippen MR) is 63.3 cm³/mol. The van der Waals surface area contributed by atoms with E-state index in [1.54, 1.807) is 0 Å². The molecule has 0 bridgehead atoms. The van der Waals surface area contributed by atoms with Crippen LogP contribution in [0, 0.1) is 5.41 Å². The third-order valence-electron chi connectivity index (χ3n) is 2.87. The van der Waals surface area contributed by atoms with Crippen LogP contribution in [-0.4, -0.2) is 19.0 Å². The van der Waals surface area contributed by atoms with Gasteiger partial charge in [-0.15, -0.1) is 22.9 Å². The molecule has 0 aromatic carbocycles. The molecule has 0 atom stereocenters. The first-order valence-electron chi connectivity index (χ1n) is 5.14. The van der Waals surface area contributed by atoms with Gasteiger partial charge >= 0.3 is 0 Å². The lowest BCUT2D eigenvalue weighted by Crippen LogP contribution is -2.26. The second kappa shape index (κ2) is 4.65. The quantitative estimate of drug-likeness (QED) is 0.584. The molecule has 1 heterocycles. The van der Waals surface area contributed by atoms with E-state index < -0.39 is 0 Å². The third-order valence-corrected chi connectivity index (χ3v) is 4.37. The van der Waals surface area contributed by atoms with Gasteiger partial charge in [0, 0.05) is 17.3 Å². The molecule has 1 saturated carbocycles. The summed E-state index contributed by atoms with van der Waals surface area (Å²) < 4.78 is 0. The summed E-state index contributed by atoms with van der Waals surface area (Å²) in [4.78, 5) is 1.47. The first-order valence-corrected chi connectivity index (χ1v) is 6.55. The van der Waals surface area contributed by atoms with Gasteiger partial charge in [0.2, 0.25) is 0 Å². The van der Waals surface area contributed by atoms with Crippen LogP contribution in [0.4, 0.5) is 0 Å². The largest absolute Gasteiger partial charge is 0.316 e. The Morgan fingerprint density at radius 1 is 1.50 bits per heavy atom. The van der Waals surface area contributed by atoms with E-state index in [4.69, 9.17) is 11.6 Å². The Labute approximate surface area is 94.5 Å². The van der Waals surface area contributed by atoms with Crippen LogP contribution in [0.5, 0.6) is 0 Å². The molecule has 0 amide bonds. The molecule has 1 fully saturated rings. The number of thiophene rings is 1. The molecule has 1 aromatic heterocycles. The third kappa shape index (κ3) is 2.72. The van der Waals surface area contributed by atoms with Gasteiger partial charge in [0.05, 0.1) is 0 Å². The highest BCUT2D eigenvalue weighted by atomic mass is 35.5. The first kappa shape index (κ1) is 10.5. The predicted octanol–water partition coefficient (Wildman–Crippen LogP) is 2.90. The van der Waals surface area contributed by atoms with Crippen molar-refractivity contribution in [1.82, 2.24) is 5.32 Å². The lowest BCUT2D eigenvalue weighted by molar-refractivity contribution is 0.508. The fraction of sp³-hybridized carbons (Fsp3) is 0.636.